The third-order valence-corrected chi connectivity index (χ3v) is 3.96. The number of hydrogen-bond acceptors (Lipinski definition) is 3. The quantitative estimate of drug-likeness (QED) is 0.683. The summed E-state index contributed by atoms with van der Waals surface area (Å²) in [6.07, 6.45) is 1.40. The van der Waals surface area contributed by atoms with Crippen molar-refractivity contribution in [2.75, 3.05) is 0 Å². The lowest BCUT2D eigenvalue weighted by molar-refractivity contribution is 0.0620. The van der Waals surface area contributed by atoms with Crippen molar-refractivity contribution in [2.24, 2.45) is 5.73 Å². The minimum atomic E-state index is -0.499. The van der Waals surface area contributed by atoms with Crippen LogP contribution in [-0.4, -0.2) is 27.7 Å². The standard InChI is InChI=1S/C15H18N2O2S/c1-4-5-10(13(16)20)17-14(18)11-8(2)6-7-9(3)12(11)15(17)19/h6-7,10H,4-5H2,1-3H3,(H2,16,20). The van der Waals surface area contributed by atoms with Gasteiger partial charge in [-0.2, -0.15) is 0 Å². The van der Waals surface area contributed by atoms with Gasteiger partial charge in [-0.1, -0.05) is 37.7 Å². The Morgan fingerprint density at radius 2 is 1.65 bits per heavy atom. The Morgan fingerprint density at radius 3 is 2.00 bits per heavy atom. The first-order chi connectivity index (χ1) is 9.40. The van der Waals surface area contributed by atoms with Crippen LogP contribution in [0, 0.1) is 13.8 Å². The second-order valence-electron chi connectivity index (χ2n) is 5.14. The molecule has 0 aromatic heterocycles. The molecule has 2 N–H and O–H groups in total. The average Bonchev–Trinajstić information content (AvgIpc) is 2.64. The molecule has 1 unspecified atom stereocenters. The first-order valence-electron chi connectivity index (χ1n) is 6.67. The van der Waals surface area contributed by atoms with E-state index in [9.17, 15) is 9.59 Å². The van der Waals surface area contributed by atoms with Crippen molar-refractivity contribution >= 4 is 29.0 Å². The van der Waals surface area contributed by atoms with Crippen LogP contribution >= 0.6 is 12.2 Å². The largest absolute Gasteiger partial charge is 0.392 e. The van der Waals surface area contributed by atoms with E-state index in [0.29, 0.717) is 17.5 Å². The number of rotatable bonds is 4. The molecule has 0 bridgehead atoms. The zero-order valence-corrected chi connectivity index (χ0v) is 12.7. The highest BCUT2D eigenvalue weighted by atomic mass is 32.1. The van der Waals surface area contributed by atoms with Gasteiger partial charge in [-0.25, -0.2) is 0 Å². The highest BCUT2D eigenvalue weighted by Crippen LogP contribution is 2.31. The lowest BCUT2D eigenvalue weighted by Crippen LogP contribution is -2.47. The molecule has 1 aliphatic heterocycles. The summed E-state index contributed by atoms with van der Waals surface area (Å²) in [5.74, 6) is -0.560. The van der Waals surface area contributed by atoms with Crippen LogP contribution in [0.3, 0.4) is 0 Å². The molecule has 0 saturated heterocycles. The van der Waals surface area contributed by atoms with Gasteiger partial charge in [0, 0.05) is 0 Å². The van der Waals surface area contributed by atoms with Crippen LogP contribution in [0.4, 0.5) is 0 Å². The van der Waals surface area contributed by atoms with Gasteiger partial charge in [0.1, 0.15) is 0 Å². The van der Waals surface area contributed by atoms with Gasteiger partial charge in [-0.05, 0) is 31.4 Å². The molecular weight excluding hydrogens is 272 g/mol. The molecule has 5 heteroatoms. The second kappa shape index (κ2) is 5.32. The number of aryl methyl sites for hydroxylation is 2. The normalized spacial score (nSPS) is 15.4. The van der Waals surface area contributed by atoms with Crippen molar-refractivity contribution in [3.05, 3.63) is 34.4 Å². The Balaban J connectivity index is 2.54. The number of benzene rings is 1. The molecule has 106 valence electrons. The third kappa shape index (κ3) is 2.12. The van der Waals surface area contributed by atoms with Crippen LogP contribution < -0.4 is 5.73 Å². The van der Waals surface area contributed by atoms with Gasteiger partial charge in [0.25, 0.3) is 11.8 Å². The maximum atomic E-state index is 12.6. The molecule has 1 aromatic rings. The van der Waals surface area contributed by atoms with Crippen LogP contribution in [0.2, 0.25) is 0 Å². The number of nitrogens with two attached hydrogens (primary N) is 1. The average molecular weight is 290 g/mol. The van der Waals surface area contributed by atoms with Crippen molar-refractivity contribution in [3.63, 3.8) is 0 Å². The molecule has 0 spiro atoms. The number of carbonyl (C=O) groups is 2. The molecule has 1 atom stereocenters. The van der Waals surface area contributed by atoms with Gasteiger partial charge in [-0.15, -0.1) is 0 Å². The summed E-state index contributed by atoms with van der Waals surface area (Å²) in [5.41, 5.74) is 8.33. The molecule has 0 aliphatic carbocycles. The molecule has 20 heavy (non-hydrogen) atoms. The summed E-state index contributed by atoms with van der Waals surface area (Å²) in [4.78, 5) is 26.6. The minimum Gasteiger partial charge on any atom is -0.392 e. The topological polar surface area (TPSA) is 63.4 Å². The third-order valence-electron chi connectivity index (χ3n) is 3.69. The molecule has 0 saturated carbocycles. The zero-order valence-electron chi connectivity index (χ0n) is 11.9. The number of thiocarbonyl (C=S) groups is 1. The molecular formula is C15H18N2O2S. The number of carbonyl (C=O) groups excluding carboxylic acids is 2. The molecule has 1 aliphatic rings. The fraction of sp³-hybridized carbons (Fsp3) is 0.400. The number of imide groups is 1. The van der Waals surface area contributed by atoms with E-state index in [1.807, 2.05) is 32.9 Å². The maximum absolute atomic E-state index is 12.6. The number of nitrogens with zero attached hydrogens (tertiary/aromatic N) is 1. The summed E-state index contributed by atoms with van der Waals surface area (Å²) in [7, 11) is 0. The first-order valence-corrected chi connectivity index (χ1v) is 7.08. The monoisotopic (exact) mass is 290 g/mol. The minimum absolute atomic E-state index is 0.191. The molecule has 1 heterocycles. The Labute approximate surface area is 123 Å². The predicted molar refractivity (Wildman–Crippen MR) is 81.9 cm³/mol. The lowest BCUT2D eigenvalue weighted by atomic mass is 9.99. The molecule has 4 nitrogen and oxygen atoms in total. The Morgan fingerprint density at radius 1 is 1.20 bits per heavy atom. The van der Waals surface area contributed by atoms with E-state index in [1.54, 1.807) is 0 Å². The molecule has 2 rings (SSSR count). The molecule has 0 radical (unpaired) electrons. The van der Waals surface area contributed by atoms with Crippen LogP contribution in [0.25, 0.3) is 0 Å². The Bertz CT molecular complexity index is 569. The van der Waals surface area contributed by atoms with Crippen LogP contribution in [0.1, 0.15) is 51.6 Å². The fourth-order valence-electron chi connectivity index (χ4n) is 2.65. The highest BCUT2D eigenvalue weighted by Gasteiger charge is 2.42. The summed E-state index contributed by atoms with van der Waals surface area (Å²) in [6, 6.07) is 3.22. The number of hydrogen-bond donors (Lipinski definition) is 1. The number of amides is 2. The zero-order chi connectivity index (χ0) is 15.0. The Kier molecular flexibility index (Phi) is 3.90. The summed E-state index contributed by atoms with van der Waals surface area (Å²) in [6.45, 7) is 5.64. The van der Waals surface area contributed by atoms with Crippen LogP contribution in [-0.2, 0) is 0 Å². The predicted octanol–water partition coefficient (Wildman–Crippen LogP) is 2.35. The smallest absolute Gasteiger partial charge is 0.262 e. The maximum Gasteiger partial charge on any atom is 0.262 e. The van der Waals surface area contributed by atoms with Crippen molar-refractivity contribution in [1.82, 2.24) is 4.90 Å². The van der Waals surface area contributed by atoms with Crippen LogP contribution in [0.15, 0.2) is 12.1 Å². The van der Waals surface area contributed by atoms with E-state index < -0.39 is 6.04 Å². The molecule has 2 amide bonds. The van der Waals surface area contributed by atoms with E-state index in [1.165, 1.54) is 4.90 Å². The van der Waals surface area contributed by atoms with E-state index in [-0.39, 0.29) is 16.8 Å². The van der Waals surface area contributed by atoms with Gasteiger partial charge in [0.15, 0.2) is 0 Å². The van der Waals surface area contributed by atoms with E-state index >= 15 is 0 Å². The molecule has 0 fully saturated rings. The lowest BCUT2D eigenvalue weighted by Gasteiger charge is -2.24. The van der Waals surface area contributed by atoms with Crippen molar-refractivity contribution in [1.29, 1.82) is 0 Å². The number of fused-ring (bicyclic) bond motifs is 1. The fourth-order valence-corrected chi connectivity index (χ4v) is 2.87. The van der Waals surface area contributed by atoms with Gasteiger partial charge < -0.3 is 5.73 Å². The van der Waals surface area contributed by atoms with E-state index in [4.69, 9.17) is 18.0 Å². The van der Waals surface area contributed by atoms with E-state index in [0.717, 1.165) is 17.5 Å². The van der Waals surface area contributed by atoms with Crippen molar-refractivity contribution < 1.29 is 9.59 Å². The van der Waals surface area contributed by atoms with Crippen LogP contribution in [0.5, 0.6) is 0 Å². The van der Waals surface area contributed by atoms with Gasteiger partial charge in [-0.3, -0.25) is 14.5 Å². The van der Waals surface area contributed by atoms with Crippen molar-refractivity contribution in [3.8, 4) is 0 Å². The molecule has 1 aromatic carbocycles. The second-order valence-corrected chi connectivity index (χ2v) is 5.61. The first kappa shape index (κ1) is 14.7. The summed E-state index contributed by atoms with van der Waals surface area (Å²) < 4.78 is 0. The Hall–Kier alpha value is -1.75. The summed E-state index contributed by atoms with van der Waals surface area (Å²) >= 11 is 5.03. The van der Waals surface area contributed by atoms with Gasteiger partial charge in [0.2, 0.25) is 0 Å². The van der Waals surface area contributed by atoms with Gasteiger partial charge in [0.05, 0.1) is 22.2 Å². The summed E-state index contributed by atoms with van der Waals surface area (Å²) in [5, 5.41) is 0. The SMILES string of the molecule is CCCC(C(N)=S)N1C(=O)c2c(C)ccc(C)c2C1=O. The van der Waals surface area contributed by atoms with E-state index in [2.05, 4.69) is 0 Å². The van der Waals surface area contributed by atoms with Gasteiger partial charge >= 0.3 is 0 Å². The highest BCUT2D eigenvalue weighted by molar-refractivity contribution is 7.80. The van der Waals surface area contributed by atoms with Crippen molar-refractivity contribution in [2.45, 2.75) is 39.7 Å².